The van der Waals surface area contributed by atoms with E-state index in [0.717, 1.165) is 10.8 Å². The number of aromatic carboxylic acids is 1. The van der Waals surface area contributed by atoms with Gasteiger partial charge in [-0.2, -0.15) is 0 Å². The van der Waals surface area contributed by atoms with Crippen molar-refractivity contribution < 1.29 is 19.1 Å². The number of carbonyl (C=O) groups excluding carboxylic acids is 1. The second-order valence-electron chi connectivity index (χ2n) is 5.77. The SMILES string of the molecule is O=C(Nc1c(C(=O)O)oc2ccc(Cl)cc12)c1ccc2ccccc2c1. The fourth-order valence-electron chi connectivity index (χ4n) is 2.86. The molecule has 26 heavy (non-hydrogen) atoms. The monoisotopic (exact) mass is 365 g/mol. The van der Waals surface area contributed by atoms with Crippen LogP contribution in [0, 0.1) is 0 Å². The first-order valence-corrected chi connectivity index (χ1v) is 8.16. The van der Waals surface area contributed by atoms with E-state index in [9.17, 15) is 14.7 Å². The van der Waals surface area contributed by atoms with Gasteiger partial charge in [-0.25, -0.2) is 4.79 Å². The molecule has 5 nitrogen and oxygen atoms in total. The van der Waals surface area contributed by atoms with Crippen LogP contribution in [0.4, 0.5) is 5.69 Å². The van der Waals surface area contributed by atoms with Gasteiger partial charge in [-0.3, -0.25) is 4.79 Å². The van der Waals surface area contributed by atoms with Crippen molar-refractivity contribution in [3.8, 4) is 0 Å². The average molecular weight is 366 g/mol. The van der Waals surface area contributed by atoms with Crippen LogP contribution in [0.15, 0.2) is 65.1 Å². The number of nitrogens with one attached hydrogen (secondary N) is 1. The Morgan fingerprint density at radius 1 is 0.962 bits per heavy atom. The van der Waals surface area contributed by atoms with Gasteiger partial charge < -0.3 is 14.8 Å². The molecule has 0 aliphatic carbocycles. The second kappa shape index (κ2) is 6.20. The first-order valence-electron chi connectivity index (χ1n) is 7.78. The fraction of sp³-hybridized carbons (Fsp3) is 0. The molecule has 1 aromatic heterocycles. The molecule has 0 aliphatic rings. The Morgan fingerprint density at radius 2 is 1.73 bits per heavy atom. The van der Waals surface area contributed by atoms with Gasteiger partial charge in [0.15, 0.2) is 0 Å². The molecule has 0 fully saturated rings. The van der Waals surface area contributed by atoms with Gasteiger partial charge in [0.05, 0.1) is 0 Å². The lowest BCUT2D eigenvalue weighted by molar-refractivity contribution is 0.0666. The molecule has 0 atom stereocenters. The molecule has 1 heterocycles. The van der Waals surface area contributed by atoms with Crippen molar-refractivity contribution in [2.24, 2.45) is 0 Å². The molecule has 0 saturated carbocycles. The quantitative estimate of drug-likeness (QED) is 0.523. The van der Waals surface area contributed by atoms with Crippen LogP contribution in [0.25, 0.3) is 21.7 Å². The summed E-state index contributed by atoms with van der Waals surface area (Å²) in [6.07, 6.45) is 0. The third-order valence-electron chi connectivity index (χ3n) is 4.09. The Bertz CT molecular complexity index is 1180. The number of hydrogen-bond donors (Lipinski definition) is 2. The predicted octanol–water partition coefficient (Wildman–Crippen LogP) is 5.19. The molecular formula is C20H12ClNO4. The van der Waals surface area contributed by atoms with Crippen molar-refractivity contribution in [1.29, 1.82) is 0 Å². The highest BCUT2D eigenvalue weighted by atomic mass is 35.5. The highest BCUT2D eigenvalue weighted by molar-refractivity contribution is 6.31. The third kappa shape index (κ3) is 2.78. The van der Waals surface area contributed by atoms with E-state index >= 15 is 0 Å². The van der Waals surface area contributed by atoms with Crippen LogP contribution in [0.5, 0.6) is 0 Å². The zero-order valence-electron chi connectivity index (χ0n) is 13.3. The highest BCUT2D eigenvalue weighted by Gasteiger charge is 2.22. The van der Waals surface area contributed by atoms with E-state index in [1.165, 1.54) is 0 Å². The predicted molar refractivity (Wildman–Crippen MR) is 100 cm³/mol. The largest absolute Gasteiger partial charge is 0.475 e. The summed E-state index contributed by atoms with van der Waals surface area (Å²) < 4.78 is 5.35. The van der Waals surface area contributed by atoms with E-state index in [-0.39, 0.29) is 11.4 Å². The van der Waals surface area contributed by atoms with Gasteiger partial charge in [-0.1, -0.05) is 41.9 Å². The summed E-state index contributed by atoms with van der Waals surface area (Å²) in [5.41, 5.74) is 0.838. The number of rotatable bonds is 3. The van der Waals surface area contributed by atoms with Gasteiger partial charge in [-0.05, 0) is 41.1 Å². The summed E-state index contributed by atoms with van der Waals surface area (Å²) in [4.78, 5) is 24.2. The van der Waals surface area contributed by atoms with Crippen LogP contribution in [-0.2, 0) is 0 Å². The normalized spacial score (nSPS) is 11.0. The summed E-state index contributed by atoms with van der Waals surface area (Å²) in [5.74, 6) is -2.04. The minimum atomic E-state index is -1.27. The molecule has 4 aromatic rings. The van der Waals surface area contributed by atoms with Gasteiger partial charge in [0, 0.05) is 16.0 Å². The lowest BCUT2D eigenvalue weighted by Crippen LogP contribution is -2.13. The van der Waals surface area contributed by atoms with E-state index in [2.05, 4.69) is 5.32 Å². The molecule has 0 radical (unpaired) electrons. The first-order chi connectivity index (χ1) is 12.5. The highest BCUT2D eigenvalue weighted by Crippen LogP contribution is 2.33. The van der Waals surface area contributed by atoms with Crippen molar-refractivity contribution >= 4 is 50.9 Å². The molecule has 0 aliphatic heterocycles. The maximum Gasteiger partial charge on any atom is 0.374 e. The molecular weight excluding hydrogens is 354 g/mol. The van der Waals surface area contributed by atoms with Crippen molar-refractivity contribution in [1.82, 2.24) is 0 Å². The van der Waals surface area contributed by atoms with Crippen molar-refractivity contribution in [2.75, 3.05) is 5.32 Å². The number of amides is 1. The summed E-state index contributed by atoms with van der Waals surface area (Å²) >= 11 is 6.00. The minimum absolute atomic E-state index is 0.0909. The first kappa shape index (κ1) is 16.2. The average Bonchev–Trinajstić information content (AvgIpc) is 2.99. The Balaban J connectivity index is 1.77. The number of carboxylic acids is 1. The number of halogens is 1. The molecule has 0 bridgehead atoms. The van der Waals surface area contributed by atoms with Crippen molar-refractivity contribution in [2.45, 2.75) is 0 Å². The van der Waals surface area contributed by atoms with Gasteiger partial charge in [-0.15, -0.1) is 0 Å². The third-order valence-corrected chi connectivity index (χ3v) is 4.33. The molecule has 0 unspecified atom stereocenters. The van der Waals surface area contributed by atoms with Gasteiger partial charge in [0.1, 0.15) is 11.3 Å². The number of fused-ring (bicyclic) bond motifs is 2. The number of hydrogen-bond acceptors (Lipinski definition) is 3. The maximum absolute atomic E-state index is 12.7. The topological polar surface area (TPSA) is 79.5 Å². The summed E-state index contributed by atoms with van der Waals surface area (Å²) in [7, 11) is 0. The summed E-state index contributed by atoms with van der Waals surface area (Å²) in [5, 5.41) is 14.8. The van der Waals surface area contributed by atoms with Crippen LogP contribution >= 0.6 is 11.6 Å². The fourth-order valence-corrected chi connectivity index (χ4v) is 3.03. The smallest absolute Gasteiger partial charge is 0.374 e. The number of carbonyl (C=O) groups is 2. The van der Waals surface area contributed by atoms with Crippen LogP contribution < -0.4 is 5.32 Å². The summed E-state index contributed by atoms with van der Waals surface area (Å²) in [6.45, 7) is 0. The summed E-state index contributed by atoms with van der Waals surface area (Å²) in [6, 6.07) is 17.7. The van der Waals surface area contributed by atoms with E-state index < -0.39 is 11.9 Å². The number of carboxylic acid groups (broad SMARTS) is 1. The minimum Gasteiger partial charge on any atom is -0.475 e. The van der Waals surface area contributed by atoms with Crippen LogP contribution in [-0.4, -0.2) is 17.0 Å². The van der Waals surface area contributed by atoms with Gasteiger partial charge in [0.2, 0.25) is 5.76 Å². The van der Waals surface area contributed by atoms with Gasteiger partial charge in [0.25, 0.3) is 5.91 Å². The maximum atomic E-state index is 12.7. The van der Waals surface area contributed by atoms with Crippen molar-refractivity contribution in [3.05, 3.63) is 77.0 Å². The van der Waals surface area contributed by atoms with Crippen LogP contribution in [0.1, 0.15) is 20.9 Å². The molecule has 128 valence electrons. The molecule has 3 aromatic carbocycles. The second-order valence-corrected chi connectivity index (χ2v) is 6.20. The number of benzene rings is 3. The Kier molecular flexibility index (Phi) is 3.86. The molecule has 6 heteroatoms. The molecule has 0 spiro atoms. The zero-order chi connectivity index (χ0) is 18.3. The molecule has 0 saturated heterocycles. The van der Waals surface area contributed by atoms with E-state index in [4.69, 9.17) is 16.0 Å². The molecule has 1 amide bonds. The van der Waals surface area contributed by atoms with E-state index in [1.54, 1.807) is 30.3 Å². The number of furan rings is 1. The Hall–Kier alpha value is -3.31. The molecule has 2 N–H and O–H groups in total. The molecule has 4 rings (SSSR count). The number of anilines is 1. The lowest BCUT2D eigenvalue weighted by Gasteiger charge is -2.06. The zero-order valence-corrected chi connectivity index (χ0v) is 14.1. The standard InChI is InChI=1S/C20H12ClNO4/c21-14-7-8-16-15(10-14)17(18(26-16)20(24)25)22-19(23)13-6-5-11-3-1-2-4-12(11)9-13/h1-10H,(H,22,23)(H,24,25). The van der Waals surface area contributed by atoms with Crippen LogP contribution in [0.3, 0.4) is 0 Å². The van der Waals surface area contributed by atoms with Crippen LogP contribution in [0.2, 0.25) is 5.02 Å². The van der Waals surface area contributed by atoms with Crippen molar-refractivity contribution in [3.63, 3.8) is 0 Å². The lowest BCUT2D eigenvalue weighted by atomic mass is 10.1. The van der Waals surface area contributed by atoms with E-state index in [1.807, 2.05) is 30.3 Å². The Morgan fingerprint density at radius 3 is 2.50 bits per heavy atom. The van der Waals surface area contributed by atoms with Gasteiger partial charge >= 0.3 is 5.97 Å². The Labute approximate surface area is 152 Å². The van der Waals surface area contributed by atoms with E-state index in [0.29, 0.717) is 21.6 Å².